The first-order chi connectivity index (χ1) is 9.15. The molecule has 0 spiro atoms. The summed E-state index contributed by atoms with van der Waals surface area (Å²) in [6, 6.07) is 2.58. The van der Waals surface area contributed by atoms with Gasteiger partial charge in [0, 0.05) is 6.04 Å². The first kappa shape index (κ1) is 14.0. The molecule has 2 rings (SSSR count). The number of methoxy groups -OCH3 is 1. The van der Waals surface area contributed by atoms with E-state index in [1.807, 2.05) is 0 Å². The van der Waals surface area contributed by atoms with Gasteiger partial charge >= 0.3 is 0 Å². The number of thiophene rings is 1. The van der Waals surface area contributed by atoms with E-state index in [4.69, 9.17) is 15.7 Å². The Morgan fingerprint density at radius 2 is 2.16 bits per heavy atom. The van der Waals surface area contributed by atoms with Crippen LogP contribution in [0.15, 0.2) is 0 Å². The molecule has 0 aromatic carbocycles. The third-order valence-electron chi connectivity index (χ3n) is 3.80. The highest BCUT2D eigenvalue weighted by Gasteiger charge is 2.21. The zero-order valence-electron chi connectivity index (χ0n) is 11.5. The monoisotopic (exact) mass is 279 g/mol. The van der Waals surface area contributed by atoms with Crippen molar-refractivity contribution in [2.45, 2.75) is 45.1 Å². The molecule has 1 aliphatic rings. The Bertz CT molecular complexity index is 478. The van der Waals surface area contributed by atoms with Crippen LogP contribution in [0.2, 0.25) is 0 Å². The van der Waals surface area contributed by atoms with E-state index < -0.39 is 0 Å². The standard InChI is InChI=1S/C14H21N3OS/c1-9-4-3-5-10(7-6-9)17-14-13(18-2)12(16)11(8-15)19-14/h9-10,17H,3-7,16H2,1-2H3. The molecule has 3 N–H and O–H groups in total. The minimum absolute atomic E-state index is 0.458. The fraction of sp³-hybridized carbons (Fsp3) is 0.643. The molecule has 104 valence electrons. The minimum Gasteiger partial charge on any atom is -0.492 e. The van der Waals surface area contributed by atoms with Gasteiger partial charge in [-0.25, -0.2) is 0 Å². The van der Waals surface area contributed by atoms with Crippen LogP contribution < -0.4 is 15.8 Å². The van der Waals surface area contributed by atoms with Crippen LogP contribution in [0.25, 0.3) is 0 Å². The van der Waals surface area contributed by atoms with Gasteiger partial charge in [-0.1, -0.05) is 19.8 Å². The molecule has 0 saturated heterocycles. The number of nitrogens with one attached hydrogen (secondary N) is 1. The van der Waals surface area contributed by atoms with Gasteiger partial charge in [0.1, 0.15) is 21.6 Å². The van der Waals surface area contributed by atoms with E-state index in [2.05, 4.69) is 18.3 Å². The van der Waals surface area contributed by atoms with Crippen molar-refractivity contribution < 1.29 is 4.74 Å². The van der Waals surface area contributed by atoms with Crippen LogP contribution in [-0.4, -0.2) is 13.2 Å². The highest BCUT2D eigenvalue weighted by molar-refractivity contribution is 7.17. The highest BCUT2D eigenvalue weighted by atomic mass is 32.1. The van der Waals surface area contributed by atoms with Crippen molar-refractivity contribution in [3.63, 3.8) is 0 Å². The van der Waals surface area contributed by atoms with Crippen molar-refractivity contribution in [3.05, 3.63) is 4.88 Å². The van der Waals surface area contributed by atoms with E-state index >= 15 is 0 Å². The Hall–Kier alpha value is -1.41. The van der Waals surface area contributed by atoms with Crippen LogP contribution in [0.3, 0.4) is 0 Å². The van der Waals surface area contributed by atoms with Crippen molar-refractivity contribution >= 4 is 22.0 Å². The molecule has 1 aliphatic carbocycles. The smallest absolute Gasteiger partial charge is 0.177 e. The van der Waals surface area contributed by atoms with Crippen molar-refractivity contribution in [3.8, 4) is 11.8 Å². The quantitative estimate of drug-likeness (QED) is 0.829. The first-order valence-corrected chi connectivity index (χ1v) is 7.60. The fourth-order valence-electron chi connectivity index (χ4n) is 2.63. The van der Waals surface area contributed by atoms with E-state index in [1.165, 1.54) is 43.4 Å². The molecule has 19 heavy (non-hydrogen) atoms. The van der Waals surface area contributed by atoms with E-state index in [0.717, 1.165) is 10.9 Å². The normalized spacial score (nSPS) is 23.4. The molecule has 2 unspecified atom stereocenters. The molecule has 2 atom stereocenters. The molecule has 0 radical (unpaired) electrons. The largest absolute Gasteiger partial charge is 0.492 e. The van der Waals surface area contributed by atoms with Gasteiger partial charge < -0.3 is 15.8 Å². The SMILES string of the molecule is COc1c(NC2CCCC(C)CC2)sc(C#N)c1N. The Morgan fingerprint density at radius 3 is 2.84 bits per heavy atom. The lowest BCUT2D eigenvalue weighted by atomic mass is 10.0. The average Bonchev–Trinajstić information content (AvgIpc) is 2.55. The lowest BCUT2D eigenvalue weighted by molar-refractivity contribution is 0.419. The molecular weight excluding hydrogens is 258 g/mol. The number of ether oxygens (including phenoxy) is 1. The van der Waals surface area contributed by atoms with Gasteiger partial charge in [-0.05, 0) is 25.2 Å². The van der Waals surface area contributed by atoms with E-state index in [-0.39, 0.29) is 0 Å². The predicted molar refractivity (Wildman–Crippen MR) is 79.7 cm³/mol. The number of nitrogens with zero attached hydrogens (tertiary/aromatic N) is 1. The minimum atomic E-state index is 0.458. The zero-order chi connectivity index (χ0) is 13.8. The number of hydrogen-bond donors (Lipinski definition) is 2. The molecule has 4 nitrogen and oxygen atoms in total. The van der Waals surface area contributed by atoms with Gasteiger partial charge in [0.15, 0.2) is 5.75 Å². The summed E-state index contributed by atoms with van der Waals surface area (Å²) in [6.07, 6.45) is 6.17. The second-order valence-corrected chi connectivity index (χ2v) is 6.29. The summed E-state index contributed by atoms with van der Waals surface area (Å²) in [5.74, 6) is 1.44. The maximum Gasteiger partial charge on any atom is 0.177 e. The molecule has 0 aliphatic heterocycles. The Balaban J connectivity index is 2.12. The molecule has 1 fully saturated rings. The zero-order valence-corrected chi connectivity index (χ0v) is 12.3. The van der Waals surface area contributed by atoms with Crippen LogP contribution in [-0.2, 0) is 0 Å². The molecule has 1 aromatic rings. The van der Waals surface area contributed by atoms with Crippen molar-refractivity contribution in [1.82, 2.24) is 0 Å². The summed E-state index contributed by atoms with van der Waals surface area (Å²) >= 11 is 1.39. The third-order valence-corrected chi connectivity index (χ3v) is 4.82. The number of hydrogen-bond acceptors (Lipinski definition) is 5. The van der Waals surface area contributed by atoms with Gasteiger partial charge in [-0.3, -0.25) is 0 Å². The second kappa shape index (κ2) is 6.16. The maximum absolute atomic E-state index is 9.03. The molecule has 0 amide bonds. The maximum atomic E-state index is 9.03. The molecule has 1 heterocycles. The average molecular weight is 279 g/mol. The number of nitrogen functional groups attached to an aromatic ring is 1. The van der Waals surface area contributed by atoms with Gasteiger partial charge in [0.25, 0.3) is 0 Å². The Labute approximate surface area is 118 Å². The van der Waals surface area contributed by atoms with E-state index in [1.54, 1.807) is 7.11 Å². The van der Waals surface area contributed by atoms with Crippen LogP contribution in [0, 0.1) is 17.2 Å². The van der Waals surface area contributed by atoms with Gasteiger partial charge in [0.2, 0.25) is 0 Å². The topological polar surface area (TPSA) is 71.1 Å². The number of nitrogens with two attached hydrogens (primary N) is 1. The van der Waals surface area contributed by atoms with Crippen molar-refractivity contribution in [1.29, 1.82) is 5.26 Å². The van der Waals surface area contributed by atoms with Gasteiger partial charge in [0.05, 0.1) is 7.11 Å². The Morgan fingerprint density at radius 1 is 1.37 bits per heavy atom. The summed E-state index contributed by atoms with van der Waals surface area (Å²) in [4.78, 5) is 0.529. The van der Waals surface area contributed by atoms with E-state index in [9.17, 15) is 0 Å². The molecule has 0 bridgehead atoms. The van der Waals surface area contributed by atoms with Gasteiger partial charge in [-0.2, -0.15) is 5.26 Å². The van der Waals surface area contributed by atoms with Crippen molar-refractivity contribution in [2.75, 3.05) is 18.2 Å². The second-order valence-electron chi connectivity index (χ2n) is 5.27. The summed E-state index contributed by atoms with van der Waals surface area (Å²) < 4.78 is 5.32. The fourth-order valence-corrected chi connectivity index (χ4v) is 3.59. The third kappa shape index (κ3) is 3.13. The summed E-state index contributed by atoms with van der Waals surface area (Å²) in [7, 11) is 1.60. The van der Waals surface area contributed by atoms with Crippen molar-refractivity contribution in [2.24, 2.45) is 5.92 Å². The molecule has 1 aromatic heterocycles. The Kier molecular flexibility index (Phi) is 4.54. The lowest BCUT2D eigenvalue weighted by Gasteiger charge is -2.17. The number of anilines is 2. The van der Waals surface area contributed by atoms with Crippen LogP contribution in [0.5, 0.6) is 5.75 Å². The first-order valence-electron chi connectivity index (χ1n) is 6.78. The van der Waals surface area contributed by atoms with Gasteiger partial charge in [-0.15, -0.1) is 11.3 Å². The summed E-state index contributed by atoms with van der Waals surface area (Å²) in [6.45, 7) is 2.32. The summed E-state index contributed by atoms with van der Waals surface area (Å²) in [5.41, 5.74) is 6.36. The van der Waals surface area contributed by atoms with Crippen LogP contribution >= 0.6 is 11.3 Å². The van der Waals surface area contributed by atoms with E-state index in [0.29, 0.717) is 22.4 Å². The molecular formula is C14H21N3OS. The van der Waals surface area contributed by atoms with Crippen LogP contribution in [0.4, 0.5) is 10.7 Å². The molecule has 1 saturated carbocycles. The number of nitriles is 1. The van der Waals surface area contributed by atoms with Crippen LogP contribution in [0.1, 0.15) is 43.9 Å². The summed E-state index contributed by atoms with van der Waals surface area (Å²) in [5, 5.41) is 13.5. The predicted octanol–water partition coefficient (Wildman–Crippen LogP) is 3.59. The lowest BCUT2D eigenvalue weighted by Crippen LogP contribution is -2.18. The molecule has 5 heteroatoms. The number of rotatable bonds is 3. The highest BCUT2D eigenvalue weighted by Crippen LogP contribution is 2.43.